The summed E-state index contributed by atoms with van der Waals surface area (Å²) in [5.74, 6) is -0.422. The molecule has 4 nitrogen and oxygen atoms in total. The molecule has 2 rings (SSSR count). The quantitative estimate of drug-likeness (QED) is 0.854. The summed E-state index contributed by atoms with van der Waals surface area (Å²) in [7, 11) is -3.46. The molecular weight excluding hydrogens is 366 g/mol. The van der Waals surface area contributed by atoms with Crippen molar-refractivity contribution in [3.05, 3.63) is 58.6 Å². The van der Waals surface area contributed by atoms with Gasteiger partial charge in [-0.2, -0.15) is 0 Å². The number of amides is 1. The van der Waals surface area contributed by atoms with E-state index in [-0.39, 0.29) is 16.2 Å². The van der Waals surface area contributed by atoms with Crippen LogP contribution in [0, 0.1) is 0 Å². The molecule has 2 aromatic rings. The Labute approximate surface area is 138 Å². The van der Waals surface area contributed by atoms with Gasteiger partial charge in [-0.15, -0.1) is 0 Å². The molecule has 0 aliphatic heterocycles. The fourth-order valence-electron chi connectivity index (χ4n) is 2.06. The van der Waals surface area contributed by atoms with Crippen LogP contribution in [0.2, 0.25) is 0 Å². The third-order valence-electron chi connectivity index (χ3n) is 3.06. The molecule has 0 bridgehead atoms. The summed E-state index contributed by atoms with van der Waals surface area (Å²) in [6.45, 7) is 1.79. The Morgan fingerprint density at radius 1 is 1.09 bits per heavy atom. The third kappa shape index (κ3) is 3.75. The van der Waals surface area contributed by atoms with Crippen molar-refractivity contribution in [3.63, 3.8) is 0 Å². The molecule has 0 saturated carbocycles. The number of carbonyl (C=O) groups excluding carboxylic acids is 1. The van der Waals surface area contributed by atoms with E-state index in [1.807, 2.05) is 6.07 Å². The molecule has 0 radical (unpaired) electrons. The first-order chi connectivity index (χ1) is 10.5. The van der Waals surface area contributed by atoms with Crippen LogP contribution in [0.25, 0.3) is 0 Å². The van der Waals surface area contributed by atoms with Crippen molar-refractivity contribution in [2.45, 2.75) is 18.2 Å². The van der Waals surface area contributed by atoms with Crippen molar-refractivity contribution >= 4 is 37.4 Å². The highest BCUT2D eigenvalue weighted by Crippen LogP contribution is 2.24. The van der Waals surface area contributed by atoms with E-state index < -0.39 is 15.7 Å². The van der Waals surface area contributed by atoms with E-state index in [0.29, 0.717) is 12.1 Å². The Kier molecular flexibility index (Phi) is 5.37. The zero-order chi connectivity index (χ0) is 16.2. The predicted octanol–water partition coefficient (Wildman–Crippen LogP) is 3.89. The summed E-state index contributed by atoms with van der Waals surface area (Å²) in [5.41, 5.74) is 0.752. The highest BCUT2D eigenvalue weighted by Gasteiger charge is 2.21. The molecule has 116 valence electrons. The Morgan fingerprint density at radius 3 is 2.41 bits per heavy atom. The maximum Gasteiger partial charge on any atom is 0.257 e. The van der Waals surface area contributed by atoms with Gasteiger partial charge in [0.15, 0.2) is 9.84 Å². The number of para-hydroxylation sites is 1. The largest absolute Gasteiger partial charge is 0.321 e. The van der Waals surface area contributed by atoms with Gasteiger partial charge in [0.05, 0.1) is 21.9 Å². The van der Waals surface area contributed by atoms with Crippen LogP contribution in [0.15, 0.2) is 57.9 Å². The maximum absolute atomic E-state index is 12.4. The number of hydrogen-bond donors (Lipinski definition) is 1. The van der Waals surface area contributed by atoms with Gasteiger partial charge in [0, 0.05) is 4.47 Å². The molecular formula is C16H16BrNO3S. The van der Waals surface area contributed by atoms with Crippen molar-refractivity contribution in [1.29, 1.82) is 0 Å². The average Bonchev–Trinajstić information content (AvgIpc) is 2.49. The topological polar surface area (TPSA) is 63.2 Å². The third-order valence-corrected chi connectivity index (χ3v) is 5.72. The molecule has 22 heavy (non-hydrogen) atoms. The van der Waals surface area contributed by atoms with Gasteiger partial charge in [0.25, 0.3) is 5.91 Å². The molecule has 6 heteroatoms. The molecule has 0 aliphatic rings. The van der Waals surface area contributed by atoms with Gasteiger partial charge in [-0.3, -0.25) is 4.79 Å². The maximum atomic E-state index is 12.4. The highest BCUT2D eigenvalue weighted by atomic mass is 79.9. The van der Waals surface area contributed by atoms with Crippen molar-refractivity contribution in [2.75, 3.05) is 11.1 Å². The van der Waals surface area contributed by atoms with Crippen LogP contribution < -0.4 is 5.32 Å². The zero-order valence-corrected chi connectivity index (χ0v) is 14.4. The normalized spacial score (nSPS) is 11.2. The van der Waals surface area contributed by atoms with Crippen LogP contribution in [0.1, 0.15) is 23.7 Å². The van der Waals surface area contributed by atoms with Crippen LogP contribution in [-0.2, 0) is 9.84 Å². The molecule has 0 aliphatic carbocycles. The van der Waals surface area contributed by atoms with Crippen LogP contribution in [0.3, 0.4) is 0 Å². The lowest BCUT2D eigenvalue weighted by Crippen LogP contribution is -2.18. The number of benzene rings is 2. The SMILES string of the molecule is CCCS(=O)(=O)c1ccccc1C(=O)Nc1ccccc1Br. The molecule has 2 aromatic carbocycles. The van der Waals surface area contributed by atoms with Crippen molar-refractivity contribution in [2.24, 2.45) is 0 Å². The van der Waals surface area contributed by atoms with Crippen molar-refractivity contribution in [1.82, 2.24) is 0 Å². The summed E-state index contributed by atoms with van der Waals surface area (Å²) in [4.78, 5) is 12.5. The molecule has 0 heterocycles. The molecule has 1 amide bonds. The van der Waals surface area contributed by atoms with E-state index in [2.05, 4.69) is 21.2 Å². The lowest BCUT2D eigenvalue weighted by molar-refractivity contribution is 0.102. The summed E-state index contributed by atoms with van der Waals surface area (Å²) < 4.78 is 25.3. The van der Waals surface area contributed by atoms with Gasteiger partial charge in [-0.1, -0.05) is 31.2 Å². The summed E-state index contributed by atoms with van der Waals surface area (Å²) >= 11 is 3.35. The lowest BCUT2D eigenvalue weighted by atomic mass is 10.2. The van der Waals surface area contributed by atoms with Crippen LogP contribution in [0.4, 0.5) is 5.69 Å². The van der Waals surface area contributed by atoms with Gasteiger partial charge >= 0.3 is 0 Å². The fraction of sp³-hybridized carbons (Fsp3) is 0.188. The summed E-state index contributed by atoms with van der Waals surface area (Å²) in [6.07, 6.45) is 0.503. The van der Waals surface area contributed by atoms with E-state index >= 15 is 0 Å². The molecule has 0 fully saturated rings. The van der Waals surface area contributed by atoms with E-state index in [0.717, 1.165) is 4.47 Å². The fourth-order valence-corrected chi connectivity index (χ4v) is 3.98. The minimum absolute atomic E-state index is 0.0202. The van der Waals surface area contributed by atoms with Gasteiger partial charge in [-0.05, 0) is 46.6 Å². The molecule has 0 unspecified atom stereocenters. The van der Waals surface area contributed by atoms with Gasteiger partial charge < -0.3 is 5.32 Å². The summed E-state index contributed by atoms with van der Waals surface area (Å²) in [6, 6.07) is 13.4. The molecule has 0 saturated heterocycles. The van der Waals surface area contributed by atoms with Crippen LogP contribution >= 0.6 is 15.9 Å². The minimum atomic E-state index is -3.46. The number of nitrogens with one attached hydrogen (secondary N) is 1. The zero-order valence-electron chi connectivity index (χ0n) is 12.0. The van der Waals surface area contributed by atoms with Crippen LogP contribution in [-0.4, -0.2) is 20.1 Å². The molecule has 0 spiro atoms. The van der Waals surface area contributed by atoms with E-state index in [4.69, 9.17) is 0 Å². The Hall–Kier alpha value is -1.66. The molecule has 0 atom stereocenters. The van der Waals surface area contributed by atoms with E-state index in [9.17, 15) is 13.2 Å². The number of anilines is 1. The Balaban J connectivity index is 2.37. The number of rotatable bonds is 5. The summed E-state index contributed by atoms with van der Waals surface area (Å²) in [5, 5.41) is 2.73. The first kappa shape index (κ1) is 16.7. The smallest absolute Gasteiger partial charge is 0.257 e. The second kappa shape index (κ2) is 7.07. The standard InChI is InChI=1S/C16H16BrNO3S/c1-2-11-22(20,21)15-10-6-3-7-12(15)16(19)18-14-9-5-4-8-13(14)17/h3-10H,2,11H2,1H3,(H,18,19). The van der Waals surface area contributed by atoms with Crippen molar-refractivity contribution in [3.8, 4) is 0 Å². The average molecular weight is 382 g/mol. The number of hydrogen-bond acceptors (Lipinski definition) is 3. The second-order valence-corrected chi connectivity index (χ2v) is 7.68. The molecule has 1 N–H and O–H groups in total. The monoisotopic (exact) mass is 381 g/mol. The van der Waals surface area contributed by atoms with Gasteiger partial charge in [0.1, 0.15) is 0 Å². The Morgan fingerprint density at radius 2 is 1.73 bits per heavy atom. The minimum Gasteiger partial charge on any atom is -0.321 e. The first-order valence-electron chi connectivity index (χ1n) is 6.83. The predicted molar refractivity (Wildman–Crippen MR) is 90.9 cm³/mol. The number of carbonyl (C=O) groups is 1. The Bertz CT molecular complexity index is 787. The van der Waals surface area contributed by atoms with Gasteiger partial charge in [-0.25, -0.2) is 8.42 Å². The first-order valence-corrected chi connectivity index (χ1v) is 9.28. The lowest BCUT2D eigenvalue weighted by Gasteiger charge is -2.11. The van der Waals surface area contributed by atoms with Crippen molar-refractivity contribution < 1.29 is 13.2 Å². The van der Waals surface area contributed by atoms with E-state index in [1.54, 1.807) is 37.3 Å². The highest BCUT2D eigenvalue weighted by molar-refractivity contribution is 9.10. The van der Waals surface area contributed by atoms with Crippen LogP contribution in [0.5, 0.6) is 0 Å². The number of sulfone groups is 1. The molecule has 0 aromatic heterocycles. The number of halogens is 1. The van der Waals surface area contributed by atoms with E-state index in [1.165, 1.54) is 12.1 Å². The van der Waals surface area contributed by atoms with Gasteiger partial charge in [0.2, 0.25) is 0 Å². The second-order valence-electron chi connectivity index (χ2n) is 4.75.